The topological polar surface area (TPSA) is 70.5 Å². The highest BCUT2D eigenvalue weighted by Gasteiger charge is 2.26. The van der Waals surface area contributed by atoms with Gasteiger partial charge in [0.05, 0.1) is 12.7 Å². The Kier molecular flexibility index (Phi) is 6.88. The summed E-state index contributed by atoms with van der Waals surface area (Å²) in [6.45, 7) is 1.18. The summed E-state index contributed by atoms with van der Waals surface area (Å²) in [5.41, 5.74) is 10.7. The first-order valence-corrected chi connectivity index (χ1v) is 12.1. The maximum absolute atomic E-state index is 6.24. The first kappa shape index (κ1) is 21.9. The minimum absolute atomic E-state index is 0.0511. The number of hydrogen-bond acceptors (Lipinski definition) is 6. The lowest BCUT2D eigenvalue weighted by atomic mass is 10.1. The Hall–Kier alpha value is -2.90. The molecule has 1 aliphatic rings. The van der Waals surface area contributed by atoms with Gasteiger partial charge in [-0.15, -0.1) is 0 Å². The van der Waals surface area contributed by atoms with Crippen LogP contribution in [0.2, 0.25) is 0 Å². The van der Waals surface area contributed by atoms with Crippen molar-refractivity contribution in [2.24, 2.45) is 5.73 Å². The molecule has 0 unspecified atom stereocenters. The van der Waals surface area contributed by atoms with E-state index in [-0.39, 0.29) is 12.4 Å². The summed E-state index contributed by atoms with van der Waals surface area (Å²) in [4.78, 5) is 4.84. The van der Waals surface area contributed by atoms with E-state index in [1.165, 1.54) is 0 Å². The Balaban J connectivity index is 1.30. The van der Waals surface area contributed by atoms with Gasteiger partial charge in [0.1, 0.15) is 5.69 Å². The minimum atomic E-state index is -0.361. The molecule has 33 heavy (non-hydrogen) atoms. The van der Waals surface area contributed by atoms with Gasteiger partial charge in [0.2, 0.25) is 0 Å². The summed E-state index contributed by atoms with van der Waals surface area (Å²) in [5, 5.41) is 0.645. The van der Waals surface area contributed by atoms with Crippen LogP contribution < -0.4 is 5.73 Å². The van der Waals surface area contributed by atoms with Crippen LogP contribution in [0.25, 0.3) is 22.6 Å². The lowest BCUT2D eigenvalue weighted by molar-refractivity contribution is -0.211. The molecule has 0 amide bonds. The van der Waals surface area contributed by atoms with Crippen molar-refractivity contribution in [3.05, 3.63) is 96.1 Å². The molecule has 1 aliphatic heterocycles. The average molecular weight is 459 g/mol. The maximum Gasteiger partial charge on any atom is 0.256 e. The first-order chi connectivity index (χ1) is 16.3. The van der Waals surface area contributed by atoms with Crippen molar-refractivity contribution in [3.8, 4) is 22.6 Å². The van der Waals surface area contributed by atoms with E-state index in [2.05, 4.69) is 12.1 Å². The fourth-order valence-electron chi connectivity index (χ4n) is 3.80. The largest absolute Gasteiger partial charge is 0.431 e. The van der Waals surface area contributed by atoms with Crippen molar-refractivity contribution in [1.82, 2.24) is 4.98 Å². The molecule has 1 saturated heterocycles. The van der Waals surface area contributed by atoms with Crippen LogP contribution >= 0.6 is 11.8 Å². The van der Waals surface area contributed by atoms with Crippen LogP contribution in [-0.2, 0) is 16.0 Å². The molecule has 1 aromatic heterocycles. The van der Waals surface area contributed by atoms with Gasteiger partial charge in [-0.25, -0.2) is 4.98 Å². The number of rotatable bonds is 7. The summed E-state index contributed by atoms with van der Waals surface area (Å²) >= 11 is 1.58. The summed E-state index contributed by atoms with van der Waals surface area (Å²) in [5.74, 6) is 1.53. The van der Waals surface area contributed by atoms with E-state index >= 15 is 0 Å². The lowest BCUT2D eigenvalue weighted by Crippen LogP contribution is -2.28. The van der Waals surface area contributed by atoms with Crippen molar-refractivity contribution in [2.45, 2.75) is 30.6 Å². The molecule has 1 fully saturated rings. The number of thioether (sulfide) groups is 1. The Bertz CT molecular complexity index is 1110. The third-order valence-electron chi connectivity index (χ3n) is 5.60. The van der Waals surface area contributed by atoms with Crippen molar-refractivity contribution < 1.29 is 13.9 Å². The molecule has 0 aliphatic carbocycles. The standard InChI is InChI=1S/C27H26N2O3S/c28-17-19-11-13-22(14-12-19)26-30-16-15-23(31-26)18-33-27-29-24(20-7-3-1-4-8-20)25(32-27)21-9-5-2-6-10-21/h1-14,23,26H,15-18,28H2/t23-,26-/m0/s1. The van der Waals surface area contributed by atoms with E-state index < -0.39 is 0 Å². The van der Waals surface area contributed by atoms with E-state index in [1.54, 1.807) is 11.8 Å². The summed E-state index contributed by atoms with van der Waals surface area (Å²) in [7, 11) is 0. The molecule has 0 spiro atoms. The predicted octanol–water partition coefficient (Wildman–Crippen LogP) is 6.06. The first-order valence-electron chi connectivity index (χ1n) is 11.1. The van der Waals surface area contributed by atoms with E-state index in [0.717, 1.165) is 45.9 Å². The molecule has 4 aromatic rings. The van der Waals surface area contributed by atoms with E-state index in [4.69, 9.17) is 24.6 Å². The molecule has 2 atom stereocenters. The fraction of sp³-hybridized carbons (Fsp3) is 0.222. The predicted molar refractivity (Wildman–Crippen MR) is 131 cm³/mol. The van der Waals surface area contributed by atoms with Gasteiger partial charge in [-0.1, -0.05) is 96.7 Å². The van der Waals surface area contributed by atoms with Gasteiger partial charge >= 0.3 is 0 Å². The normalized spacial score (nSPS) is 18.3. The van der Waals surface area contributed by atoms with Crippen molar-refractivity contribution in [3.63, 3.8) is 0 Å². The molecule has 5 rings (SSSR count). The van der Waals surface area contributed by atoms with E-state index in [1.807, 2.05) is 72.8 Å². The summed E-state index contributed by atoms with van der Waals surface area (Å²) in [6.07, 6.45) is 0.526. The maximum atomic E-state index is 6.24. The van der Waals surface area contributed by atoms with E-state index in [9.17, 15) is 0 Å². The third kappa shape index (κ3) is 5.20. The highest BCUT2D eigenvalue weighted by Crippen LogP contribution is 2.36. The molecule has 5 nitrogen and oxygen atoms in total. The quantitative estimate of drug-likeness (QED) is 0.339. The number of ether oxygens (including phenoxy) is 2. The molecule has 168 valence electrons. The van der Waals surface area contributed by atoms with Crippen LogP contribution in [0, 0.1) is 0 Å². The van der Waals surface area contributed by atoms with Gasteiger partial charge in [0.25, 0.3) is 5.22 Å². The number of hydrogen-bond donors (Lipinski definition) is 1. The second-order valence-corrected chi connectivity index (χ2v) is 8.87. The fourth-order valence-corrected chi connectivity index (χ4v) is 4.67. The van der Waals surface area contributed by atoms with Gasteiger partial charge in [0, 0.05) is 29.0 Å². The summed E-state index contributed by atoms with van der Waals surface area (Å²) in [6, 6.07) is 28.3. The van der Waals surface area contributed by atoms with Gasteiger partial charge in [0.15, 0.2) is 12.1 Å². The molecule has 0 saturated carbocycles. The molecule has 0 radical (unpaired) electrons. The monoisotopic (exact) mass is 458 g/mol. The van der Waals surface area contributed by atoms with Crippen molar-refractivity contribution >= 4 is 11.8 Å². The molecule has 0 bridgehead atoms. The molecular weight excluding hydrogens is 432 g/mol. The van der Waals surface area contributed by atoms with Crippen molar-refractivity contribution in [1.29, 1.82) is 0 Å². The van der Waals surface area contributed by atoms with Crippen LogP contribution in [0.3, 0.4) is 0 Å². The zero-order chi connectivity index (χ0) is 22.5. The summed E-state index contributed by atoms with van der Waals surface area (Å²) < 4.78 is 18.3. The molecule has 6 heteroatoms. The SMILES string of the molecule is NCc1ccc([C@H]2OCC[C@@H](CSc3nc(-c4ccccc4)c(-c4ccccc4)o3)O2)cc1. The average Bonchev–Trinajstić information content (AvgIpc) is 3.33. The second-order valence-electron chi connectivity index (χ2n) is 7.90. The Labute approximate surface area is 197 Å². The number of nitrogens with zero attached hydrogens (tertiary/aromatic N) is 1. The molecule has 2 heterocycles. The minimum Gasteiger partial charge on any atom is -0.431 e. The smallest absolute Gasteiger partial charge is 0.256 e. The zero-order valence-corrected chi connectivity index (χ0v) is 19.0. The van der Waals surface area contributed by atoms with Gasteiger partial charge in [-0.2, -0.15) is 0 Å². The van der Waals surface area contributed by atoms with Gasteiger partial charge in [-0.3, -0.25) is 0 Å². The Morgan fingerprint density at radius 3 is 2.27 bits per heavy atom. The number of benzene rings is 3. The van der Waals surface area contributed by atoms with Gasteiger partial charge in [-0.05, 0) is 12.0 Å². The van der Waals surface area contributed by atoms with Crippen LogP contribution in [0.1, 0.15) is 23.8 Å². The molecular formula is C27H26N2O3S. The van der Waals surface area contributed by atoms with Gasteiger partial charge < -0.3 is 19.6 Å². The number of oxazole rings is 1. The third-order valence-corrected chi connectivity index (χ3v) is 6.56. The highest BCUT2D eigenvalue weighted by atomic mass is 32.2. The molecule has 3 aromatic carbocycles. The zero-order valence-electron chi connectivity index (χ0n) is 18.2. The van der Waals surface area contributed by atoms with E-state index in [0.29, 0.717) is 18.4 Å². The van der Waals surface area contributed by atoms with Crippen molar-refractivity contribution in [2.75, 3.05) is 12.4 Å². The number of aromatic nitrogens is 1. The Morgan fingerprint density at radius 2 is 1.58 bits per heavy atom. The van der Waals surface area contributed by atoms with Crippen LogP contribution in [0.5, 0.6) is 0 Å². The van der Waals surface area contributed by atoms with Crippen LogP contribution in [0.15, 0.2) is 94.6 Å². The second kappa shape index (κ2) is 10.4. The van der Waals surface area contributed by atoms with Crippen LogP contribution in [0.4, 0.5) is 0 Å². The number of nitrogens with two attached hydrogens (primary N) is 1. The lowest BCUT2D eigenvalue weighted by Gasteiger charge is -2.30. The van der Waals surface area contributed by atoms with Crippen LogP contribution in [-0.4, -0.2) is 23.4 Å². The Morgan fingerprint density at radius 1 is 0.879 bits per heavy atom. The molecule has 2 N–H and O–H groups in total. The highest BCUT2D eigenvalue weighted by molar-refractivity contribution is 7.99.